The minimum absolute atomic E-state index is 0.692. The summed E-state index contributed by atoms with van der Waals surface area (Å²) in [6, 6.07) is 0.692. The summed E-state index contributed by atoms with van der Waals surface area (Å²) in [6.07, 6.45) is 1.24. The third-order valence-corrected chi connectivity index (χ3v) is 4.10. The molecule has 1 fully saturated rings. The van der Waals surface area contributed by atoms with E-state index in [2.05, 4.69) is 34.8 Å². The highest BCUT2D eigenvalue weighted by molar-refractivity contribution is 7.08. The summed E-state index contributed by atoms with van der Waals surface area (Å²) in [5.74, 6) is 0. The second kappa shape index (κ2) is 5.10. The van der Waals surface area contributed by atoms with Crippen LogP contribution in [0.25, 0.3) is 0 Å². The van der Waals surface area contributed by atoms with Gasteiger partial charge in [-0.1, -0.05) is 6.92 Å². The molecule has 2 heterocycles. The molecule has 0 aliphatic carbocycles. The smallest absolute Gasteiger partial charge is 0.0245 e. The van der Waals surface area contributed by atoms with E-state index in [1.165, 1.54) is 30.6 Å². The lowest BCUT2D eigenvalue weighted by molar-refractivity contribution is 0.190. The molecule has 0 amide bonds. The first-order valence-electron chi connectivity index (χ1n) is 5.77. The maximum absolute atomic E-state index is 3.55. The molecule has 1 unspecified atom stereocenters. The average molecular weight is 224 g/mol. The van der Waals surface area contributed by atoms with Crippen molar-refractivity contribution >= 4 is 11.3 Å². The van der Waals surface area contributed by atoms with Crippen molar-refractivity contribution in [2.75, 3.05) is 19.6 Å². The van der Waals surface area contributed by atoms with Gasteiger partial charge in [-0.25, -0.2) is 0 Å². The molecule has 1 aliphatic rings. The van der Waals surface area contributed by atoms with E-state index in [0.717, 1.165) is 13.1 Å². The molecule has 0 radical (unpaired) electrons. The van der Waals surface area contributed by atoms with Crippen LogP contribution in [-0.2, 0) is 6.54 Å². The van der Waals surface area contributed by atoms with E-state index >= 15 is 0 Å². The van der Waals surface area contributed by atoms with Gasteiger partial charge in [-0.2, -0.15) is 11.3 Å². The van der Waals surface area contributed by atoms with Crippen LogP contribution in [0.2, 0.25) is 0 Å². The Morgan fingerprint density at radius 3 is 3.07 bits per heavy atom. The molecule has 1 atom stereocenters. The molecule has 1 aromatic heterocycles. The zero-order valence-electron chi connectivity index (χ0n) is 9.62. The summed E-state index contributed by atoms with van der Waals surface area (Å²) in [6.45, 7) is 9.13. The van der Waals surface area contributed by atoms with Crippen molar-refractivity contribution < 1.29 is 0 Å². The van der Waals surface area contributed by atoms with Crippen LogP contribution in [0, 0.1) is 6.92 Å². The highest BCUT2D eigenvalue weighted by Crippen LogP contribution is 2.17. The number of piperazine rings is 1. The van der Waals surface area contributed by atoms with Crippen molar-refractivity contribution in [2.45, 2.75) is 32.9 Å². The third kappa shape index (κ3) is 2.80. The van der Waals surface area contributed by atoms with E-state index in [4.69, 9.17) is 0 Å². The summed E-state index contributed by atoms with van der Waals surface area (Å²) >= 11 is 1.82. The first-order valence-corrected chi connectivity index (χ1v) is 6.71. The second-order valence-corrected chi connectivity index (χ2v) is 5.12. The molecule has 0 bridgehead atoms. The monoisotopic (exact) mass is 224 g/mol. The van der Waals surface area contributed by atoms with Crippen LogP contribution in [0.3, 0.4) is 0 Å². The maximum Gasteiger partial charge on any atom is 0.0245 e. The predicted molar refractivity (Wildman–Crippen MR) is 66.4 cm³/mol. The zero-order chi connectivity index (χ0) is 10.7. The molecule has 2 rings (SSSR count). The van der Waals surface area contributed by atoms with Gasteiger partial charge in [-0.15, -0.1) is 0 Å². The average Bonchev–Trinajstić information content (AvgIpc) is 2.65. The Hall–Kier alpha value is -0.380. The first-order chi connectivity index (χ1) is 7.29. The maximum atomic E-state index is 3.55. The summed E-state index contributed by atoms with van der Waals surface area (Å²) < 4.78 is 0. The Bertz CT molecular complexity index is 308. The zero-order valence-corrected chi connectivity index (χ0v) is 10.4. The lowest BCUT2D eigenvalue weighted by Gasteiger charge is -2.33. The number of thiophene rings is 1. The minimum Gasteiger partial charge on any atom is -0.311 e. The van der Waals surface area contributed by atoms with E-state index in [-0.39, 0.29) is 0 Å². The van der Waals surface area contributed by atoms with E-state index in [9.17, 15) is 0 Å². The van der Waals surface area contributed by atoms with Crippen molar-refractivity contribution in [3.05, 3.63) is 21.9 Å². The lowest BCUT2D eigenvalue weighted by Crippen LogP contribution is -2.49. The number of hydrogen-bond acceptors (Lipinski definition) is 3. The number of hydrogen-bond donors (Lipinski definition) is 1. The fraction of sp³-hybridized carbons (Fsp3) is 0.667. The molecular formula is C12H20N2S. The van der Waals surface area contributed by atoms with Gasteiger partial charge < -0.3 is 5.32 Å². The summed E-state index contributed by atoms with van der Waals surface area (Å²) in [5, 5.41) is 8.09. The Morgan fingerprint density at radius 1 is 1.53 bits per heavy atom. The molecule has 0 aromatic carbocycles. The molecule has 0 saturated carbocycles. The molecule has 1 aromatic rings. The number of nitrogens with one attached hydrogen (secondary N) is 1. The van der Waals surface area contributed by atoms with Gasteiger partial charge in [-0.05, 0) is 35.2 Å². The van der Waals surface area contributed by atoms with Crippen LogP contribution in [0.1, 0.15) is 24.5 Å². The van der Waals surface area contributed by atoms with Crippen LogP contribution < -0.4 is 5.32 Å². The van der Waals surface area contributed by atoms with Crippen LogP contribution in [-0.4, -0.2) is 30.6 Å². The summed E-state index contributed by atoms with van der Waals surface area (Å²) in [4.78, 5) is 2.57. The van der Waals surface area contributed by atoms with Gasteiger partial charge in [-0.3, -0.25) is 4.90 Å². The molecule has 2 nitrogen and oxygen atoms in total. The molecule has 1 saturated heterocycles. The topological polar surface area (TPSA) is 15.3 Å². The van der Waals surface area contributed by atoms with Gasteiger partial charge >= 0.3 is 0 Å². The minimum atomic E-state index is 0.692. The van der Waals surface area contributed by atoms with E-state index in [1.807, 2.05) is 11.3 Å². The number of aryl methyl sites for hydroxylation is 1. The van der Waals surface area contributed by atoms with Crippen LogP contribution in [0.15, 0.2) is 10.8 Å². The Labute approximate surface area is 96.3 Å². The molecular weight excluding hydrogens is 204 g/mol. The van der Waals surface area contributed by atoms with Crippen molar-refractivity contribution in [3.63, 3.8) is 0 Å². The van der Waals surface area contributed by atoms with Crippen molar-refractivity contribution in [2.24, 2.45) is 0 Å². The standard InChI is InChI=1S/C12H20N2S/c1-3-12-7-14(5-4-13-12)6-11-9-15-8-10(11)2/h8-9,12-13H,3-7H2,1-2H3. The molecule has 3 heteroatoms. The predicted octanol–water partition coefficient (Wildman–Crippen LogP) is 2.24. The van der Waals surface area contributed by atoms with E-state index in [1.54, 1.807) is 0 Å². The van der Waals surface area contributed by atoms with Gasteiger partial charge in [0.05, 0.1) is 0 Å². The quantitative estimate of drug-likeness (QED) is 0.847. The van der Waals surface area contributed by atoms with Crippen molar-refractivity contribution in [3.8, 4) is 0 Å². The van der Waals surface area contributed by atoms with E-state index in [0.29, 0.717) is 6.04 Å². The summed E-state index contributed by atoms with van der Waals surface area (Å²) in [5.41, 5.74) is 2.96. The first kappa shape index (κ1) is 11.1. The van der Waals surface area contributed by atoms with E-state index < -0.39 is 0 Å². The van der Waals surface area contributed by atoms with Gasteiger partial charge in [0.1, 0.15) is 0 Å². The fourth-order valence-electron chi connectivity index (χ4n) is 2.10. The largest absolute Gasteiger partial charge is 0.311 e. The molecule has 1 aliphatic heterocycles. The van der Waals surface area contributed by atoms with Crippen molar-refractivity contribution in [1.82, 2.24) is 10.2 Å². The summed E-state index contributed by atoms with van der Waals surface area (Å²) in [7, 11) is 0. The van der Waals surface area contributed by atoms with Gasteiger partial charge in [0.2, 0.25) is 0 Å². The van der Waals surface area contributed by atoms with Crippen LogP contribution in [0.5, 0.6) is 0 Å². The second-order valence-electron chi connectivity index (χ2n) is 4.37. The molecule has 0 spiro atoms. The Balaban J connectivity index is 1.92. The van der Waals surface area contributed by atoms with Crippen LogP contribution >= 0.6 is 11.3 Å². The number of rotatable bonds is 3. The molecule has 84 valence electrons. The highest BCUT2D eigenvalue weighted by Gasteiger charge is 2.18. The highest BCUT2D eigenvalue weighted by atomic mass is 32.1. The molecule has 15 heavy (non-hydrogen) atoms. The Kier molecular flexibility index (Phi) is 3.78. The third-order valence-electron chi connectivity index (χ3n) is 3.19. The molecule has 1 N–H and O–H groups in total. The van der Waals surface area contributed by atoms with Gasteiger partial charge in [0.25, 0.3) is 0 Å². The number of nitrogens with zero attached hydrogens (tertiary/aromatic N) is 1. The van der Waals surface area contributed by atoms with Gasteiger partial charge in [0.15, 0.2) is 0 Å². The van der Waals surface area contributed by atoms with Gasteiger partial charge in [0, 0.05) is 32.2 Å². The van der Waals surface area contributed by atoms with Crippen molar-refractivity contribution in [1.29, 1.82) is 0 Å². The lowest BCUT2D eigenvalue weighted by atomic mass is 10.1. The normalized spacial score (nSPS) is 23.2. The fourth-order valence-corrected chi connectivity index (χ4v) is 2.95. The SMILES string of the molecule is CCC1CN(Cc2cscc2C)CCN1. The van der Waals surface area contributed by atoms with Crippen LogP contribution in [0.4, 0.5) is 0 Å². The Morgan fingerprint density at radius 2 is 2.40 bits per heavy atom.